The van der Waals surface area contributed by atoms with Gasteiger partial charge in [-0.25, -0.2) is 13.2 Å². The third-order valence-corrected chi connectivity index (χ3v) is 7.43. The zero-order chi connectivity index (χ0) is 22.8. The van der Waals surface area contributed by atoms with Crippen molar-refractivity contribution in [3.63, 3.8) is 0 Å². The number of sulfonamides is 1. The van der Waals surface area contributed by atoms with Crippen molar-refractivity contribution in [3.05, 3.63) is 63.2 Å². The molecule has 0 amide bonds. The van der Waals surface area contributed by atoms with Crippen LogP contribution in [0, 0.1) is 20.8 Å². The summed E-state index contributed by atoms with van der Waals surface area (Å²) in [7, 11) is -3.89. The van der Waals surface area contributed by atoms with E-state index in [1.807, 2.05) is 32.9 Å². The van der Waals surface area contributed by atoms with Crippen molar-refractivity contribution in [1.29, 1.82) is 0 Å². The van der Waals surface area contributed by atoms with Crippen molar-refractivity contribution in [2.75, 3.05) is 32.9 Å². The maximum Gasteiger partial charge on any atom is 0.338 e. The molecule has 0 bridgehead atoms. The summed E-state index contributed by atoms with van der Waals surface area (Å²) >= 11 is 6.12. The second kappa shape index (κ2) is 9.48. The van der Waals surface area contributed by atoms with Crippen molar-refractivity contribution in [2.45, 2.75) is 25.7 Å². The summed E-state index contributed by atoms with van der Waals surface area (Å²) in [5.41, 5.74) is 3.18. The van der Waals surface area contributed by atoms with Gasteiger partial charge in [0.05, 0.1) is 23.8 Å². The molecule has 1 heterocycles. The molecule has 2 aromatic carbocycles. The van der Waals surface area contributed by atoms with Crippen LogP contribution in [0.4, 0.5) is 0 Å². The molecule has 0 saturated carbocycles. The van der Waals surface area contributed by atoms with Crippen LogP contribution < -0.4 is 0 Å². The number of carbonyl (C=O) groups is 2. The molecule has 0 unspecified atom stereocenters. The quantitative estimate of drug-likeness (QED) is 0.480. The number of hydrogen-bond acceptors (Lipinski definition) is 6. The average molecular weight is 466 g/mol. The summed E-state index contributed by atoms with van der Waals surface area (Å²) in [4.78, 5) is 25.0. The van der Waals surface area contributed by atoms with E-state index < -0.39 is 22.6 Å². The molecule has 166 valence electrons. The standard InChI is InChI=1S/C22H24ClNO6S/c1-14-10-15(2)21(16(3)11-14)19(25)13-30-22(26)17-4-5-18(23)20(12-17)31(27,28)24-6-8-29-9-7-24/h4-5,10-12H,6-9,13H2,1-3H3. The fraction of sp³-hybridized carbons (Fsp3) is 0.364. The molecule has 1 saturated heterocycles. The summed E-state index contributed by atoms with van der Waals surface area (Å²) in [6.45, 7) is 6.15. The van der Waals surface area contributed by atoms with Gasteiger partial charge in [-0.2, -0.15) is 4.31 Å². The van der Waals surface area contributed by atoms with Gasteiger partial charge in [-0.15, -0.1) is 0 Å². The minimum absolute atomic E-state index is 0.00128. The highest BCUT2D eigenvalue weighted by molar-refractivity contribution is 7.89. The van der Waals surface area contributed by atoms with E-state index in [-0.39, 0.29) is 34.4 Å². The van der Waals surface area contributed by atoms with Crippen LogP contribution in [0.3, 0.4) is 0 Å². The van der Waals surface area contributed by atoms with Crippen molar-refractivity contribution in [2.24, 2.45) is 0 Å². The SMILES string of the molecule is Cc1cc(C)c(C(=O)COC(=O)c2ccc(Cl)c(S(=O)(=O)N3CCOCC3)c2)c(C)c1. The molecule has 0 spiro atoms. The van der Waals surface area contributed by atoms with Crippen LogP contribution in [0.25, 0.3) is 0 Å². The van der Waals surface area contributed by atoms with Gasteiger partial charge in [0, 0.05) is 18.7 Å². The number of halogens is 1. The third kappa shape index (κ3) is 5.15. The first kappa shape index (κ1) is 23.4. The van der Waals surface area contributed by atoms with Crippen molar-refractivity contribution >= 4 is 33.4 Å². The number of aryl methyl sites for hydroxylation is 3. The Kier molecular flexibility index (Phi) is 7.16. The van der Waals surface area contributed by atoms with E-state index >= 15 is 0 Å². The van der Waals surface area contributed by atoms with Gasteiger partial charge < -0.3 is 9.47 Å². The van der Waals surface area contributed by atoms with E-state index in [0.717, 1.165) is 16.7 Å². The Bertz CT molecular complexity index is 1100. The summed E-state index contributed by atoms with van der Waals surface area (Å²) in [5, 5.41) is 0.00465. The first-order chi connectivity index (χ1) is 14.6. The van der Waals surface area contributed by atoms with Crippen LogP contribution in [0.5, 0.6) is 0 Å². The summed E-state index contributed by atoms with van der Waals surface area (Å²) in [6.07, 6.45) is 0. The van der Waals surface area contributed by atoms with Gasteiger partial charge in [0.25, 0.3) is 0 Å². The Hall–Kier alpha value is -2.26. The second-order valence-electron chi connectivity index (χ2n) is 7.43. The highest BCUT2D eigenvalue weighted by Crippen LogP contribution is 2.27. The van der Waals surface area contributed by atoms with Gasteiger partial charge in [0.15, 0.2) is 6.61 Å². The minimum atomic E-state index is -3.89. The molecular weight excluding hydrogens is 442 g/mol. The lowest BCUT2D eigenvalue weighted by atomic mass is 9.97. The molecule has 0 N–H and O–H groups in total. The van der Waals surface area contributed by atoms with E-state index in [4.69, 9.17) is 21.1 Å². The van der Waals surface area contributed by atoms with Gasteiger partial charge >= 0.3 is 5.97 Å². The summed E-state index contributed by atoms with van der Waals surface area (Å²) < 4.78 is 37.5. The first-order valence-corrected chi connectivity index (χ1v) is 11.6. The molecule has 9 heteroatoms. The number of Topliss-reactive ketones (excluding diaryl/α,β-unsaturated/α-hetero) is 1. The maximum atomic E-state index is 12.9. The van der Waals surface area contributed by atoms with Gasteiger partial charge in [0.2, 0.25) is 15.8 Å². The molecule has 3 rings (SSSR count). The van der Waals surface area contributed by atoms with Crippen LogP contribution in [0.1, 0.15) is 37.4 Å². The molecule has 1 aliphatic rings. The predicted molar refractivity (Wildman–Crippen MR) is 116 cm³/mol. The zero-order valence-corrected chi connectivity index (χ0v) is 19.2. The Balaban J connectivity index is 1.77. The number of benzene rings is 2. The number of carbonyl (C=O) groups excluding carboxylic acids is 2. The van der Waals surface area contributed by atoms with E-state index in [0.29, 0.717) is 18.8 Å². The smallest absolute Gasteiger partial charge is 0.338 e. The van der Waals surface area contributed by atoms with Gasteiger partial charge in [-0.1, -0.05) is 29.3 Å². The monoisotopic (exact) mass is 465 g/mol. The van der Waals surface area contributed by atoms with Crippen molar-refractivity contribution < 1.29 is 27.5 Å². The average Bonchev–Trinajstić information content (AvgIpc) is 2.72. The number of morpholine rings is 1. The fourth-order valence-corrected chi connectivity index (χ4v) is 5.57. The van der Waals surface area contributed by atoms with E-state index in [1.165, 1.54) is 22.5 Å². The van der Waals surface area contributed by atoms with Gasteiger partial charge in [0.1, 0.15) is 4.90 Å². The molecule has 1 fully saturated rings. The summed E-state index contributed by atoms with van der Waals surface area (Å²) in [5.74, 6) is -1.12. The van der Waals surface area contributed by atoms with Gasteiger partial charge in [-0.05, 0) is 50.1 Å². The number of hydrogen-bond donors (Lipinski definition) is 0. The van der Waals surface area contributed by atoms with E-state index in [9.17, 15) is 18.0 Å². The number of rotatable bonds is 6. The van der Waals surface area contributed by atoms with E-state index in [1.54, 1.807) is 0 Å². The number of ketones is 1. The predicted octanol–water partition coefficient (Wildman–Crippen LogP) is 3.33. The molecule has 0 atom stereocenters. The first-order valence-electron chi connectivity index (χ1n) is 9.77. The Morgan fingerprint density at radius 1 is 1.06 bits per heavy atom. The topological polar surface area (TPSA) is 90.0 Å². The minimum Gasteiger partial charge on any atom is -0.454 e. The van der Waals surface area contributed by atoms with Crippen LogP contribution >= 0.6 is 11.6 Å². The van der Waals surface area contributed by atoms with Crippen LogP contribution in [0.15, 0.2) is 35.2 Å². The fourth-order valence-electron chi connectivity index (χ4n) is 3.66. The lowest BCUT2D eigenvalue weighted by Gasteiger charge is -2.26. The second-order valence-corrected chi connectivity index (χ2v) is 9.75. The Labute approximate surface area is 187 Å². The zero-order valence-electron chi connectivity index (χ0n) is 17.6. The largest absolute Gasteiger partial charge is 0.454 e. The van der Waals surface area contributed by atoms with E-state index in [2.05, 4.69) is 0 Å². The molecule has 0 aromatic heterocycles. The highest BCUT2D eigenvalue weighted by Gasteiger charge is 2.29. The van der Waals surface area contributed by atoms with Crippen LogP contribution in [-0.2, 0) is 19.5 Å². The molecule has 31 heavy (non-hydrogen) atoms. The number of ether oxygens (including phenoxy) is 2. The summed E-state index contributed by atoms with van der Waals surface area (Å²) in [6, 6.07) is 7.67. The molecule has 0 radical (unpaired) electrons. The molecule has 1 aliphatic heterocycles. The normalized spacial score (nSPS) is 15.0. The molecule has 7 nitrogen and oxygen atoms in total. The molecular formula is C22H24ClNO6S. The van der Waals surface area contributed by atoms with Crippen molar-refractivity contribution in [3.8, 4) is 0 Å². The Morgan fingerprint density at radius 2 is 1.68 bits per heavy atom. The molecule has 0 aliphatic carbocycles. The third-order valence-electron chi connectivity index (χ3n) is 5.05. The van der Waals surface area contributed by atoms with Crippen molar-refractivity contribution in [1.82, 2.24) is 4.31 Å². The van der Waals surface area contributed by atoms with Crippen LogP contribution in [0.2, 0.25) is 5.02 Å². The highest BCUT2D eigenvalue weighted by atomic mass is 35.5. The lowest BCUT2D eigenvalue weighted by Crippen LogP contribution is -2.40. The Morgan fingerprint density at radius 3 is 2.29 bits per heavy atom. The number of nitrogens with zero attached hydrogens (tertiary/aromatic N) is 1. The maximum absolute atomic E-state index is 12.9. The molecule has 2 aromatic rings. The number of esters is 1. The van der Waals surface area contributed by atoms with Crippen LogP contribution in [-0.4, -0.2) is 57.4 Å². The van der Waals surface area contributed by atoms with Gasteiger partial charge in [-0.3, -0.25) is 4.79 Å². The lowest BCUT2D eigenvalue weighted by molar-refractivity contribution is 0.0474.